The third-order valence-corrected chi connectivity index (χ3v) is 3.12. The minimum absolute atomic E-state index is 0.135. The second-order valence-electron chi connectivity index (χ2n) is 2.85. The highest BCUT2D eigenvalue weighted by Gasteiger charge is 2.18. The van der Waals surface area contributed by atoms with E-state index >= 15 is 0 Å². The molecule has 0 amide bonds. The standard InChI is InChI=1S/C9H7Br2F2NO2/c1-16-7(15)3-5-8(11)4(9(12)13)2-6(10)14-5/h2,9H,3H2,1H3. The van der Waals surface area contributed by atoms with Crippen LogP contribution < -0.4 is 0 Å². The smallest absolute Gasteiger partial charge is 0.311 e. The van der Waals surface area contributed by atoms with Crippen molar-refractivity contribution in [3.63, 3.8) is 0 Å². The van der Waals surface area contributed by atoms with E-state index in [1.54, 1.807) is 0 Å². The summed E-state index contributed by atoms with van der Waals surface area (Å²) >= 11 is 6.01. The van der Waals surface area contributed by atoms with Crippen LogP contribution in [0.15, 0.2) is 15.1 Å². The molecule has 1 aromatic rings. The molecule has 3 nitrogen and oxygen atoms in total. The van der Waals surface area contributed by atoms with Gasteiger partial charge in [0, 0.05) is 10.0 Å². The molecule has 1 aromatic heterocycles. The van der Waals surface area contributed by atoms with Crippen molar-refractivity contribution in [1.82, 2.24) is 4.98 Å². The van der Waals surface area contributed by atoms with E-state index in [4.69, 9.17) is 0 Å². The zero-order valence-corrected chi connectivity index (χ0v) is 11.3. The fourth-order valence-corrected chi connectivity index (χ4v) is 2.03. The topological polar surface area (TPSA) is 39.2 Å². The van der Waals surface area contributed by atoms with Gasteiger partial charge in [0.05, 0.1) is 19.2 Å². The summed E-state index contributed by atoms with van der Waals surface area (Å²) in [5, 5.41) is 0. The Morgan fingerprint density at radius 3 is 2.69 bits per heavy atom. The van der Waals surface area contributed by atoms with E-state index in [1.807, 2.05) is 0 Å². The molecule has 0 saturated carbocycles. The first kappa shape index (κ1) is 13.5. The third-order valence-electron chi connectivity index (χ3n) is 1.80. The SMILES string of the molecule is COC(=O)Cc1nc(Br)cc(C(F)F)c1Br. The predicted molar refractivity (Wildman–Crippen MR) is 60.3 cm³/mol. The monoisotopic (exact) mass is 357 g/mol. The fourth-order valence-electron chi connectivity index (χ4n) is 1.05. The van der Waals surface area contributed by atoms with E-state index in [1.165, 1.54) is 13.2 Å². The van der Waals surface area contributed by atoms with Crippen LogP contribution in [0.2, 0.25) is 0 Å². The van der Waals surface area contributed by atoms with Crippen molar-refractivity contribution in [3.8, 4) is 0 Å². The number of methoxy groups -OCH3 is 1. The van der Waals surface area contributed by atoms with Crippen LogP contribution in [0, 0.1) is 0 Å². The highest BCUT2D eigenvalue weighted by atomic mass is 79.9. The predicted octanol–water partition coefficient (Wildman–Crippen LogP) is 3.26. The Labute approximate surface area is 107 Å². The maximum atomic E-state index is 12.6. The van der Waals surface area contributed by atoms with Crippen LogP contribution >= 0.6 is 31.9 Å². The van der Waals surface area contributed by atoms with E-state index in [9.17, 15) is 13.6 Å². The number of carbonyl (C=O) groups is 1. The Kier molecular flexibility index (Phi) is 4.79. The number of ether oxygens (including phenoxy) is 1. The lowest BCUT2D eigenvalue weighted by Crippen LogP contribution is -2.08. The molecule has 0 saturated heterocycles. The molecule has 1 heterocycles. The molecule has 0 spiro atoms. The zero-order chi connectivity index (χ0) is 12.3. The molecule has 7 heteroatoms. The summed E-state index contributed by atoms with van der Waals surface area (Å²) in [4.78, 5) is 15.0. The van der Waals surface area contributed by atoms with Crippen LogP contribution in [0.4, 0.5) is 8.78 Å². The second-order valence-corrected chi connectivity index (χ2v) is 4.45. The van der Waals surface area contributed by atoms with Gasteiger partial charge in [-0.15, -0.1) is 0 Å². The van der Waals surface area contributed by atoms with Crippen molar-refractivity contribution in [3.05, 3.63) is 26.4 Å². The first-order valence-corrected chi connectivity index (χ1v) is 5.74. The van der Waals surface area contributed by atoms with Gasteiger partial charge in [0.25, 0.3) is 6.43 Å². The third kappa shape index (κ3) is 3.21. The summed E-state index contributed by atoms with van der Waals surface area (Å²) in [6.07, 6.45) is -2.79. The summed E-state index contributed by atoms with van der Waals surface area (Å²) in [6.45, 7) is 0. The molecule has 0 aliphatic rings. The van der Waals surface area contributed by atoms with Gasteiger partial charge in [-0.1, -0.05) is 0 Å². The van der Waals surface area contributed by atoms with Crippen LogP contribution in [-0.2, 0) is 16.0 Å². The Balaban J connectivity index is 3.14. The Morgan fingerprint density at radius 1 is 1.56 bits per heavy atom. The van der Waals surface area contributed by atoms with Gasteiger partial charge in [-0.25, -0.2) is 13.8 Å². The van der Waals surface area contributed by atoms with Crippen molar-refractivity contribution < 1.29 is 18.3 Å². The van der Waals surface area contributed by atoms with Gasteiger partial charge in [0.15, 0.2) is 0 Å². The summed E-state index contributed by atoms with van der Waals surface area (Å²) in [6, 6.07) is 1.20. The number of hydrogen-bond acceptors (Lipinski definition) is 3. The summed E-state index contributed by atoms with van der Waals surface area (Å²) in [7, 11) is 1.22. The molecule has 0 radical (unpaired) electrons. The van der Waals surface area contributed by atoms with Crippen LogP contribution in [0.5, 0.6) is 0 Å². The van der Waals surface area contributed by atoms with Crippen molar-refractivity contribution in [2.45, 2.75) is 12.8 Å². The Hall–Kier alpha value is -0.560. The largest absolute Gasteiger partial charge is 0.469 e. The van der Waals surface area contributed by atoms with Crippen LogP contribution in [0.3, 0.4) is 0 Å². The normalized spacial score (nSPS) is 10.6. The van der Waals surface area contributed by atoms with Gasteiger partial charge in [-0.3, -0.25) is 4.79 Å². The van der Waals surface area contributed by atoms with Crippen molar-refractivity contribution in [1.29, 1.82) is 0 Å². The number of pyridine rings is 1. The minimum atomic E-state index is -2.63. The lowest BCUT2D eigenvalue weighted by Gasteiger charge is -2.08. The molecule has 0 aromatic carbocycles. The molecule has 0 unspecified atom stereocenters. The highest BCUT2D eigenvalue weighted by Crippen LogP contribution is 2.31. The quantitative estimate of drug-likeness (QED) is 0.615. The van der Waals surface area contributed by atoms with Crippen LogP contribution in [0.1, 0.15) is 17.7 Å². The molecule has 16 heavy (non-hydrogen) atoms. The van der Waals surface area contributed by atoms with Gasteiger partial charge in [-0.2, -0.15) is 0 Å². The summed E-state index contributed by atoms with van der Waals surface area (Å²) in [5.74, 6) is -0.536. The van der Waals surface area contributed by atoms with Gasteiger partial charge >= 0.3 is 5.97 Å². The maximum Gasteiger partial charge on any atom is 0.311 e. The highest BCUT2D eigenvalue weighted by molar-refractivity contribution is 9.11. The van der Waals surface area contributed by atoms with E-state index in [-0.39, 0.29) is 26.8 Å². The molecule has 0 fully saturated rings. The molecule has 0 N–H and O–H groups in total. The van der Waals surface area contributed by atoms with E-state index in [0.717, 1.165) is 0 Å². The first-order valence-electron chi connectivity index (χ1n) is 4.15. The molecule has 0 atom stereocenters. The molecule has 0 bridgehead atoms. The fraction of sp³-hybridized carbons (Fsp3) is 0.333. The molecular formula is C9H7Br2F2NO2. The van der Waals surface area contributed by atoms with Gasteiger partial charge in [-0.05, 0) is 37.9 Å². The number of halogens is 4. The average Bonchev–Trinajstić information content (AvgIpc) is 2.22. The van der Waals surface area contributed by atoms with E-state index in [2.05, 4.69) is 41.6 Å². The minimum Gasteiger partial charge on any atom is -0.469 e. The number of carbonyl (C=O) groups excluding carboxylic acids is 1. The van der Waals surface area contributed by atoms with Gasteiger partial charge in [0.2, 0.25) is 0 Å². The molecule has 1 rings (SSSR count). The number of esters is 1. The van der Waals surface area contributed by atoms with E-state index in [0.29, 0.717) is 0 Å². The second kappa shape index (κ2) is 5.67. The van der Waals surface area contributed by atoms with Crippen LogP contribution in [-0.4, -0.2) is 18.1 Å². The van der Waals surface area contributed by atoms with Crippen molar-refractivity contribution >= 4 is 37.8 Å². The Bertz CT molecular complexity index is 413. The number of hydrogen-bond donors (Lipinski definition) is 0. The van der Waals surface area contributed by atoms with Crippen molar-refractivity contribution in [2.75, 3.05) is 7.11 Å². The molecular weight excluding hydrogens is 352 g/mol. The molecule has 0 aliphatic carbocycles. The average molecular weight is 359 g/mol. The van der Waals surface area contributed by atoms with Crippen LogP contribution in [0.25, 0.3) is 0 Å². The van der Waals surface area contributed by atoms with Gasteiger partial charge in [0.1, 0.15) is 4.60 Å². The lowest BCUT2D eigenvalue weighted by molar-refractivity contribution is -0.139. The number of aromatic nitrogens is 1. The lowest BCUT2D eigenvalue weighted by atomic mass is 10.2. The summed E-state index contributed by atoms with van der Waals surface area (Å²) < 4.78 is 30.1. The number of alkyl halides is 2. The van der Waals surface area contributed by atoms with Crippen molar-refractivity contribution in [2.24, 2.45) is 0 Å². The zero-order valence-electron chi connectivity index (χ0n) is 8.14. The maximum absolute atomic E-state index is 12.6. The number of rotatable bonds is 3. The first-order chi connectivity index (χ1) is 7.45. The van der Waals surface area contributed by atoms with E-state index < -0.39 is 12.4 Å². The Morgan fingerprint density at radius 2 is 2.19 bits per heavy atom. The number of nitrogens with zero attached hydrogens (tertiary/aromatic N) is 1. The summed E-state index contributed by atoms with van der Waals surface area (Å²) in [5.41, 5.74) is 0.0114. The van der Waals surface area contributed by atoms with Gasteiger partial charge < -0.3 is 4.74 Å². The molecule has 88 valence electrons. The molecule has 0 aliphatic heterocycles.